The zero-order valence-electron chi connectivity index (χ0n) is 7.44. The van der Waals surface area contributed by atoms with Crippen LogP contribution in [-0.4, -0.2) is 21.3 Å². The van der Waals surface area contributed by atoms with Gasteiger partial charge in [-0.2, -0.15) is 5.10 Å². The number of aromatic carboxylic acids is 1. The fraction of sp³-hybridized carbons (Fsp3) is 0.111. The number of aryl methyl sites for hydroxylation is 1. The highest BCUT2D eigenvalue weighted by Gasteiger charge is 2.11. The summed E-state index contributed by atoms with van der Waals surface area (Å²) >= 11 is 0. The predicted molar refractivity (Wildman–Crippen MR) is 48.0 cm³/mol. The second-order valence-corrected chi connectivity index (χ2v) is 2.86. The highest BCUT2D eigenvalue weighted by molar-refractivity contribution is 5.86. The van der Waals surface area contributed by atoms with Crippen molar-refractivity contribution in [2.75, 3.05) is 0 Å². The summed E-state index contributed by atoms with van der Waals surface area (Å²) in [4.78, 5) is 10.6. The molecule has 0 atom stereocenters. The first kappa shape index (κ1) is 8.55. The minimum absolute atomic E-state index is 0.0700. The first-order valence-electron chi connectivity index (χ1n) is 4.01. The van der Waals surface area contributed by atoms with Crippen LogP contribution >= 0.6 is 0 Å². The van der Waals surface area contributed by atoms with Crippen molar-refractivity contribution in [2.24, 2.45) is 0 Å². The van der Waals surface area contributed by atoms with Gasteiger partial charge in [-0.25, -0.2) is 4.79 Å². The van der Waals surface area contributed by atoms with Crippen LogP contribution in [0.4, 0.5) is 0 Å². The Morgan fingerprint density at radius 3 is 2.93 bits per heavy atom. The highest BCUT2D eigenvalue weighted by Crippen LogP contribution is 2.22. The monoisotopic (exact) mass is 192 g/mol. The maximum atomic E-state index is 10.6. The number of aromatic nitrogens is 2. The van der Waals surface area contributed by atoms with Crippen molar-refractivity contribution in [3.8, 4) is 11.3 Å². The molecule has 14 heavy (non-hydrogen) atoms. The fourth-order valence-corrected chi connectivity index (χ4v) is 1.22. The SMILES string of the molecule is Cc1occc1-c1cc(C(=O)O)[nH]n1. The average molecular weight is 192 g/mol. The van der Waals surface area contributed by atoms with Gasteiger partial charge in [-0.1, -0.05) is 0 Å². The van der Waals surface area contributed by atoms with Crippen molar-refractivity contribution in [2.45, 2.75) is 6.92 Å². The van der Waals surface area contributed by atoms with E-state index in [9.17, 15) is 4.79 Å². The number of rotatable bonds is 2. The molecule has 5 nitrogen and oxygen atoms in total. The fourth-order valence-electron chi connectivity index (χ4n) is 1.22. The van der Waals surface area contributed by atoms with E-state index in [-0.39, 0.29) is 5.69 Å². The van der Waals surface area contributed by atoms with Gasteiger partial charge >= 0.3 is 5.97 Å². The molecule has 0 aromatic carbocycles. The largest absolute Gasteiger partial charge is 0.477 e. The van der Waals surface area contributed by atoms with Gasteiger partial charge in [-0.05, 0) is 19.1 Å². The van der Waals surface area contributed by atoms with Crippen LogP contribution in [-0.2, 0) is 0 Å². The summed E-state index contributed by atoms with van der Waals surface area (Å²) in [6.07, 6.45) is 1.54. The van der Waals surface area contributed by atoms with Gasteiger partial charge < -0.3 is 9.52 Å². The van der Waals surface area contributed by atoms with Gasteiger partial charge in [0.2, 0.25) is 0 Å². The van der Waals surface area contributed by atoms with E-state index in [2.05, 4.69) is 10.2 Å². The molecule has 0 unspecified atom stereocenters. The van der Waals surface area contributed by atoms with Crippen LogP contribution in [0.5, 0.6) is 0 Å². The second-order valence-electron chi connectivity index (χ2n) is 2.86. The molecule has 2 rings (SSSR count). The van der Waals surface area contributed by atoms with E-state index in [1.807, 2.05) is 0 Å². The Labute approximate surface area is 79.4 Å². The molecule has 2 N–H and O–H groups in total. The molecule has 0 saturated carbocycles. The lowest BCUT2D eigenvalue weighted by atomic mass is 10.2. The van der Waals surface area contributed by atoms with E-state index >= 15 is 0 Å². The van der Waals surface area contributed by atoms with Crippen LogP contribution < -0.4 is 0 Å². The molecule has 0 radical (unpaired) electrons. The number of carbonyl (C=O) groups is 1. The normalized spacial score (nSPS) is 10.4. The molecule has 0 aliphatic heterocycles. The second kappa shape index (κ2) is 3.02. The third kappa shape index (κ3) is 1.28. The molecule has 2 heterocycles. The van der Waals surface area contributed by atoms with E-state index in [0.29, 0.717) is 11.5 Å². The molecule has 72 valence electrons. The lowest BCUT2D eigenvalue weighted by Crippen LogP contribution is -1.95. The van der Waals surface area contributed by atoms with Gasteiger partial charge in [0.1, 0.15) is 11.5 Å². The van der Waals surface area contributed by atoms with Crippen LogP contribution in [0.25, 0.3) is 11.3 Å². The number of aromatic amines is 1. The van der Waals surface area contributed by atoms with Crippen LogP contribution in [0.1, 0.15) is 16.2 Å². The Morgan fingerprint density at radius 2 is 2.43 bits per heavy atom. The van der Waals surface area contributed by atoms with Crippen molar-refractivity contribution < 1.29 is 14.3 Å². The first-order chi connectivity index (χ1) is 6.68. The first-order valence-corrected chi connectivity index (χ1v) is 4.01. The quantitative estimate of drug-likeness (QED) is 0.758. The number of H-pyrrole nitrogens is 1. The summed E-state index contributed by atoms with van der Waals surface area (Å²) in [6.45, 7) is 1.80. The third-order valence-electron chi connectivity index (χ3n) is 1.94. The number of nitrogens with zero attached hydrogens (tertiary/aromatic N) is 1. The summed E-state index contributed by atoms with van der Waals surface area (Å²) in [5.41, 5.74) is 1.45. The molecule has 2 aromatic heterocycles. The molecule has 0 amide bonds. The number of hydrogen-bond donors (Lipinski definition) is 2. The Hall–Kier alpha value is -2.04. The highest BCUT2D eigenvalue weighted by atomic mass is 16.4. The van der Waals surface area contributed by atoms with Gasteiger partial charge in [-0.15, -0.1) is 0 Å². The summed E-state index contributed by atoms with van der Waals surface area (Å²) in [6, 6.07) is 3.22. The molecular weight excluding hydrogens is 184 g/mol. The van der Waals surface area contributed by atoms with E-state index in [4.69, 9.17) is 9.52 Å². The zero-order valence-corrected chi connectivity index (χ0v) is 7.44. The van der Waals surface area contributed by atoms with Crippen LogP contribution in [0.3, 0.4) is 0 Å². The minimum atomic E-state index is -1.02. The molecule has 0 spiro atoms. The summed E-state index contributed by atoms with van der Waals surface area (Å²) in [5, 5.41) is 15.0. The lowest BCUT2D eigenvalue weighted by Gasteiger charge is -1.89. The van der Waals surface area contributed by atoms with E-state index in [1.54, 1.807) is 19.3 Å². The van der Waals surface area contributed by atoms with E-state index in [0.717, 1.165) is 5.56 Å². The third-order valence-corrected chi connectivity index (χ3v) is 1.94. The Balaban J connectivity index is 2.43. The maximum Gasteiger partial charge on any atom is 0.353 e. The summed E-state index contributed by atoms with van der Waals surface area (Å²) in [5.74, 6) is -0.307. The van der Waals surface area contributed by atoms with E-state index in [1.165, 1.54) is 6.07 Å². The number of carboxylic acids is 1. The molecule has 0 saturated heterocycles. The molecule has 0 aliphatic rings. The number of carboxylic acid groups (broad SMARTS) is 1. The number of nitrogens with one attached hydrogen (secondary N) is 1. The van der Waals surface area contributed by atoms with Crippen LogP contribution in [0.2, 0.25) is 0 Å². The topological polar surface area (TPSA) is 79.1 Å². The standard InChI is InChI=1S/C9H8N2O3/c1-5-6(2-3-14-5)7-4-8(9(12)13)11-10-7/h2-4H,1H3,(H,10,11)(H,12,13). The summed E-state index contributed by atoms with van der Waals surface area (Å²) in [7, 11) is 0. The van der Waals surface area contributed by atoms with Crippen molar-refractivity contribution in [3.05, 3.63) is 29.9 Å². The zero-order chi connectivity index (χ0) is 10.1. The lowest BCUT2D eigenvalue weighted by molar-refractivity contribution is 0.0690. The molecule has 5 heteroatoms. The summed E-state index contributed by atoms with van der Waals surface area (Å²) < 4.78 is 5.09. The molecule has 0 bridgehead atoms. The molecule has 0 aliphatic carbocycles. The van der Waals surface area contributed by atoms with Crippen molar-refractivity contribution in [3.63, 3.8) is 0 Å². The van der Waals surface area contributed by atoms with Gasteiger partial charge in [0.25, 0.3) is 0 Å². The smallest absolute Gasteiger partial charge is 0.353 e. The predicted octanol–water partition coefficient (Wildman–Crippen LogP) is 1.68. The number of furan rings is 1. The minimum Gasteiger partial charge on any atom is -0.477 e. The van der Waals surface area contributed by atoms with Crippen LogP contribution in [0.15, 0.2) is 22.8 Å². The van der Waals surface area contributed by atoms with E-state index < -0.39 is 5.97 Å². The van der Waals surface area contributed by atoms with Crippen molar-refractivity contribution >= 4 is 5.97 Å². The molecule has 0 fully saturated rings. The molecule has 2 aromatic rings. The van der Waals surface area contributed by atoms with Gasteiger partial charge in [0.05, 0.1) is 12.0 Å². The average Bonchev–Trinajstić information content (AvgIpc) is 2.71. The van der Waals surface area contributed by atoms with Gasteiger partial charge in [0, 0.05) is 5.56 Å². The Kier molecular flexibility index (Phi) is 1.85. The van der Waals surface area contributed by atoms with Crippen molar-refractivity contribution in [1.82, 2.24) is 10.2 Å². The van der Waals surface area contributed by atoms with Crippen LogP contribution in [0, 0.1) is 6.92 Å². The van der Waals surface area contributed by atoms with Gasteiger partial charge in [-0.3, -0.25) is 5.10 Å². The molecular formula is C9H8N2O3. The maximum absolute atomic E-state index is 10.6. The number of hydrogen-bond acceptors (Lipinski definition) is 3. The Morgan fingerprint density at radius 1 is 1.64 bits per heavy atom. The van der Waals surface area contributed by atoms with Crippen molar-refractivity contribution in [1.29, 1.82) is 0 Å². The Bertz CT molecular complexity index is 470. The van der Waals surface area contributed by atoms with Gasteiger partial charge in [0.15, 0.2) is 0 Å².